The molecule has 7 unspecified atom stereocenters. The maximum absolute atomic E-state index is 14.8. The van der Waals surface area contributed by atoms with E-state index in [0.29, 0.717) is 39.6 Å². The van der Waals surface area contributed by atoms with E-state index in [9.17, 15) is 33.0 Å². The average molecular weight is 976 g/mol. The first-order chi connectivity index (χ1) is 33.5. The first-order valence-corrected chi connectivity index (χ1v) is 25.0. The number of hydrogen-bond acceptors (Lipinski definition) is 14. The fourth-order valence-corrected chi connectivity index (χ4v) is 10.8. The highest BCUT2D eigenvalue weighted by Gasteiger charge is 2.48. The van der Waals surface area contributed by atoms with Gasteiger partial charge in [0.25, 0.3) is 0 Å². The second kappa shape index (κ2) is 21.1. The van der Waals surface area contributed by atoms with Crippen molar-refractivity contribution in [3.8, 4) is 29.4 Å². The summed E-state index contributed by atoms with van der Waals surface area (Å²) in [5, 5.41) is 23.6. The van der Waals surface area contributed by atoms with Gasteiger partial charge in [0, 0.05) is 47.6 Å². The molecule has 2 fully saturated rings. The molecule has 1 amide bonds. The van der Waals surface area contributed by atoms with Gasteiger partial charge in [0.1, 0.15) is 30.3 Å². The van der Waals surface area contributed by atoms with E-state index in [4.69, 9.17) is 28.4 Å². The second-order valence-corrected chi connectivity index (χ2v) is 20.2. The number of benzene rings is 2. The summed E-state index contributed by atoms with van der Waals surface area (Å²) in [4.78, 5) is 51.5. The average Bonchev–Trinajstić information content (AvgIpc) is 3.70. The molecule has 2 bridgehead atoms. The summed E-state index contributed by atoms with van der Waals surface area (Å²) >= 11 is 0. The summed E-state index contributed by atoms with van der Waals surface area (Å²) in [5.41, 5.74) is 0.681. The topological polar surface area (TPSA) is 213 Å². The van der Waals surface area contributed by atoms with E-state index in [1.807, 2.05) is 13.0 Å². The number of carbonyl (C=O) groups is 3. The monoisotopic (exact) mass is 975 g/mol. The van der Waals surface area contributed by atoms with E-state index in [2.05, 4.69) is 33.6 Å². The fraction of sp³-hybridized carbons (Fsp3) is 0.434. The summed E-state index contributed by atoms with van der Waals surface area (Å²) in [6.45, 7) is 8.48. The molecule has 9 atom stereocenters. The highest BCUT2D eigenvalue weighted by molar-refractivity contribution is 7.91. The maximum Gasteiger partial charge on any atom is 0.410 e. The lowest BCUT2D eigenvalue weighted by Crippen LogP contribution is -2.58. The first kappa shape index (κ1) is 50.2. The molecule has 2 aromatic heterocycles. The first-order valence-electron chi connectivity index (χ1n) is 23.4. The standard InChI is InChI=1S/C53H57N3O13S/c1-7-15-39-47-32(4)42(58)29-53(39,61)22-14-9-8-13-18-43(47)69-51-45(27-37(33(5)67-51)50(59)49-48-36(21-23-54-49)38-26-34(57)19-20-40(38)55-48)68-46-28-44(64-6)41(30-66-46)56(31(2)3)52(60)65-24-25-70(62,63)35-16-11-10-12-17-35/h8-12,15-17,19-21,23,26,31,33,37,41,43-46,51,55,57,61H,7,24-25,27-30H2,1-6H3/b9-8-,39-15+/t33?,37?,41?,43-,44?,45?,46?,51?,53-/m0/s1. The fourth-order valence-electron chi connectivity index (χ4n) is 9.64. The van der Waals surface area contributed by atoms with Crippen LogP contribution in [0.5, 0.6) is 5.75 Å². The van der Waals surface area contributed by atoms with Crippen LogP contribution in [0.2, 0.25) is 0 Å². The second-order valence-electron chi connectivity index (χ2n) is 18.0. The van der Waals surface area contributed by atoms with Gasteiger partial charge in [-0.2, -0.15) is 0 Å². The third-order valence-electron chi connectivity index (χ3n) is 13.2. The Morgan fingerprint density at radius 2 is 1.83 bits per heavy atom. The van der Waals surface area contributed by atoms with Crippen LogP contribution in [0, 0.1) is 29.6 Å². The number of fused-ring (bicyclic) bond motifs is 5. The van der Waals surface area contributed by atoms with Gasteiger partial charge in [-0.15, -0.1) is 0 Å². The van der Waals surface area contributed by atoms with Crippen molar-refractivity contribution < 1.29 is 61.4 Å². The number of aromatic nitrogens is 2. The number of phenols is 1. The molecule has 2 aromatic carbocycles. The lowest BCUT2D eigenvalue weighted by atomic mass is 9.73. The van der Waals surface area contributed by atoms with Crippen LogP contribution in [0.4, 0.5) is 4.79 Å². The van der Waals surface area contributed by atoms with Gasteiger partial charge in [0.15, 0.2) is 39.6 Å². The molecular weight excluding hydrogens is 919 g/mol. The highest BCUT2D eigenvalue weighted by atomic mass is 32.2. The van der Waals surface area contributed by atoms with Crippen molar-refractivity contribution in [2.24, 2.45) is 5.92 Å². The van der Waals surface area contributed by atoms with Crippen molar-refractivity contribution >= 4 is 49.3 Å². The zero-order valence-corrected chi connectivity index (χ0v) is 40.7. The molecular formula is C53H57N3O13S. The zero-order chi connectivity index (χ0) is 49.9. The third kappa shape index (κ3) is 10.3. The van der Waals surface area contributed by atoms with E-state index in [-0.39, 0.29) is 60.4 Å². The van der Waals surface area contributed by atoms with Crippen LogP contribution < -0.4 is 0 Å². The number of pyridine rings is 1. The molecule has 4 heterocycles. The molecule has 3 N–H and O–H groups in total. The minimum atomic E-state index is -3.71. The van der Waals surface area contributed by atoms with Gasteiger partial charge in [-0.25, -0.2) is 13.2 Å². The number of hydrogen-bond donors (Lipinski definition) is 3. The predicted molar refractivity (Wildman–Crippen MR) is 258 cm³/mol. The molecule has 17 heteroatoms. The minimum Gasteiger partial charge on any atom is -0.508 e. The van der Waals surface area contributed by atoms with E-state index < -0.39 is 82.3 Å². The quantitative estimate of drug-likeness (QED) is 0.0909. The van der Waals surface area contributed by atoms with Crippen molar-refractivity contribution in [2.45, 2.75) is 120 Å². The van der Waals surface area contributed by atoms with E-state index in [1.54, 1.807) is 76.4 Å². The van der Waals surface area contributed by atoms with Gasteiger partial charge < -0.3 is 43.6 Å². The number of rotatable bonds is 14. The Balaban J connectivity index is 1.08. The van der Waals surface area contributed by atoms with Crippen LogP contribution in [-0.2, 0) is 43.1 Å². The molecule has 2 aliphatic carbocycles. The number of nitrogens with one attached hydrogen (secondary N) is 1. The number of ketones is 2. The molecule has 4 aliphatic rings. The van der Waals surface area contributed by atoms with E-state index in [0.717, 1.165) is 5.39 Å². The number of ether oxygens (including phenoxy) is 6. The number of aromatic amines is 1. The Hall–Kier alpha value is -6.15. The maximum atomic E-state index is 14.8. The SMILES string of the molecule is CC/C=C1\C2=C(C)C(=O)C[C@@]1(O)C#C/C=C\C#C[C@@H]2OC1OC(C)C(C(=O)c2nccc3c2[nH]c2ccc(O)cc23)CC1OC1CC(OC)C(N(C(=O)OCCS(=O)(=O)c2ccccc2)C(C)C)CO1. The van der Waals surface area contributed by atoms with Gasteiger partial charge in [0.05, 0.1) is 53.4 Å². The number of Topliss-reactive ketones (excluding diaryl/α,β-unsaturated/α-hetero) is 2. The number of amides is 1. The Morgan fingerprint density at radius 1 is 1.06 bits per heavy atom. The number of allylic oxidation sites excluding steroid dienone is 4. The number of H-pyrrole nitrogens is 1. The molecule has 0 spiro atoms. The van der Waals surface area contributed by atoms with E-state index >= 15 is 0 Å². The Kier molecular flexibility index (Phi) is 15.1. The van der Waals surface area contributed by atoms with Crippen LogP contribution in [0.1, 0.15) is 70.8 Å². The van der Waals surface area contributed by atoms with Gasteiger partial charge in [0.2, 0.25) is 0 Å². The zero-order valence-electron chi connectivity index (χ0n) is 39.8. The number of sulfone groups is 1. The van der Waals surface area contributed by atoms with Crippen LogP contribution in [0.15, 0.2) is 101 Å². The summed E-state index contributed by atoms with van der Waals surface area (Å²) in [5.74, 6) is 9.94. The molecule has 70 heavy (non-hydrogen) atoms. The van der Waals surface area contributed by atoms with Gasteiger partial charge in [-0.05, 0) is 100 Å². The van der Waals surface area contributed by atoms with Crippen LogP contribution in [0.25, 0.3) is 21.8 Å². The van der Waals surface area contributed by atoms with Crippen molar-refractivity contribution in [1.82, 2.24) is 14.9 Å². The van der Waals surface area contributed by atoms with Crippen molar-refractivity contribution in [3.63, 3.8) is 0 Å². The third-order valence-corrected chi connectivity index (χ3v) is 14.9. The smallest absolute Gasteiger partial charge is 0.410 e. The van der Waals surface area contributed by atoms with Crippen LogP contribution >= 0.6 is 0 Å². The summed E-state index contributed by atoms with van der Waals surface area (Å²) < 4.78 is 64.0. The number of nitrogens with zero attached hydrogens (tertiary/aromatic N) is 2. The Morgan fingerprint density at radius 3 is 2.57 bits per heavy atom. The molecule has 16 nitrogen and oxygen atoms in total. The van der Waals surface area contributed by atoms with Crippen molar-refractivity contribution in [1.29, 1.82) is 0 Å². The minimum absolute atomic E-state index is 0.0467. The molecule has 2 aliphatic heterocycles. The number of aromatic hydroxyl groups is 1. The number of methoxy groups -OCH3 is 1. The van der Waals surface area contributed by atoms with Crippen molar-refractivity contribution in [2.75, 3.05) is 26.1 Å². The summed E-state index contributed by atoms with van der Waals surface area (Å²) in [7, 11) is -2.21. The Bertz CT molecular complexity index is 2990. The van der Waals surface area contributed by atoms with Crippen LogP contribution in [0.3, 0.4) is 0 Å². The van der Waals surface area contributed by atoms with Gasteiger partial charge >= 0.3 is 6.09 Å². The molecule has 368 valence electrons. The van der Waals surface area contributed by atoms with Gasteiger partial charge in [-0.3, -0.25) is 19.5 Å². The van der Waals surface area contributed by atoms with E-state index in [1.165, 1.54) is 36.3 Å². The number of phenolic OH excluding ortho intramolecular Hbond substituents is 1. The molecule has 2 saturated heterocycles. The number of carbonyl (C=O) groups excluding carboxylic acids is 3. The number of aliphatic hydroxyl groups is 1. The normalized spacial score (nSPS) is 27.9. The molecule has 8 rings (SSSR count). The highest BCUT2D eigenvalue weighted by Crippen LogP contribution is 2.41. The molecule has 0 radical (unpaired) electrons. The largest absolute Gasteiger partial charge is 0.508 e. The lowest BCUT2D eigenvalue weighted by molar-refractivity contribution is -0.306. The molecule has 0 saturated carbocycles. The Labute approximate surface area is 406 Å². The predicted octanol–water partition coefficient (Wildman–Crippen LogP) is 6.51. The van der Waals surface area contributed by atoms with Crippen molar-refractivity contribution in [3.05, 3.63) is 101 Å². The lowest BCUT2D eigenvalue weighted by Gasteiger charge is -2.45. The van der Waals surface area contributed by atoms with Crippen LogP contribution in [-0.4, -0.2) is 132 Å². The summed E-state index contributed by atoms with van der Waals surface area (Å²) in [6, 6.07) is 13.5. The van der Waals surface area contributed by atoms with Gasteiger partial charge in [-0.1, -0.05) is 54.9 Å². The summed E-state index contributed by atoms with van der Waals surface area (Å²) in [6.07, 6.45) is 0.244. The molecule has 4 aromatic rings.